The van der Waals surface area contributed by atoms with Crippen LogP contribution in [0.15, 0.2) is 29.2 Å². The van der Waals surface area contributed by atoms with Crippen molar-refractivity contribution in [3.8, 4) is 0 Å². The normalized spacial score (nSPS) is 16.5. The van der Waals surface area contributed by atoms with Crippen molar-refractivity contribution < 1.29 is 13.2 Å². The molecule has 0 spiro atoms. The predicted octanol–water partition coefficient (Wildman–Crippen LogP) is 3.01. The predicted molar refractivity (Wildman–Crippen MR) is 77.8 cm³/mol. The molecule has 0 unspecified atom stereocenters. The van der Waals surface area contributed by atoms with Crippen LogP contribution in [0.25, 0.3) is 0 Å². The van der Waals surface area contributed by atoms with Crippen LogP contribution in [-0.4, -0.2) is 19.6 Å². The molecule has 1 aromatic rings. The average molecular weight is 299 g/mol. The first-order valence-electron chi connectivity index (χ1n) is 6.28. The number of nitrogens with one attached hydrogen (secondary N) is 1. The monoisotopic (exact) mass is 299 g/mol. The molecule has 0 aromatic heterocycles. The Kier molecular flexibility index (Phi) is 4.52. The molecule has 0 saturated heterocycles. The van der Waals surface area contributed by atoms with Crippen molar-refractivity contribution in [2.24, 2.45) is 0 Å². The molecule has 0 bridgehead atoms. The summed E-state index contributed by atoms with van der Waals surface area (Å²) in [6, 6.07) is 6.32. The summed E-state index contributed by atoms with van der Waals surface area (Å²) in [5.74, 6) is -0.170. The second-order valence-electron chi connectivity index (χ2n) is 4.66. The van der Waals surface area contributed by atoms with Gasteiger partial charge in [0.1, 0.15) is 0 Å². The molecular weight excluding hydrogens is 282 g/mol. The first kappa shape index (κ1) is 14.4. The Balaban J connectivity index is 2.09. The maximum absolute atomic E-state index is 12.2. The summed E-state index contributed by atoms with van der Waals surface area (Å²) in [7, 11) is -2.22. The Morgan fingerprint density at radius 3 is 2.32 bits per heavy atom. The zero-order valence-corrected chi connectivity index (χ0v) is 12.4. The van der Waals surface area contributed by atoms with Crippen molar-refractivity contribution in [2.75, 3.05) is 5.32 Å². The highest BCUT2D eigenvalue weighted by Gasteiger charge is 2.24. The van der Waals surface area contributed by atoms with Gasteiger partial charge in [-0.2, -0.15) is 0 Å². The lowest BCUT2D eigenvalue weighted by atomic mass is 10.3. The highest BCUT2D eigenvalue weighted by molar-refractivity contribution is 8.72. The molecule has 4 nitrogen and oxygen atoms in total. The van der Waals surface area contributed by atoms with E-state index in [1.165, 1.54) is 6.92 Å². The molecule has 0 heterocycles. The minimum atomic E-state index is -3.28. The van der Waals surface area contributed by atoms with E-state index in [4.69, 9.17) is 0 Å². The lowest BCUT2D eigenvalue weighted by Gasteiger charge is -2.10. The summed E-state index contributed by atoms with van der Waals surface area (Å²) >= 11 is 0. The van der Waals surface area contributed by atoms with E-state index in [9.17, 15) is 13.2 Å². The molecule has 0 aliphatic heterocycles. The fraction of sp³-hybridized carbons (Fsp3) is 0.462. The largest absolute Gasteiger partial charge is 0.326 e. The third-order valence-electron chi connectivity index (χ3n) is 3.03. The number of amides is 1. The molecule has 104 valence electrons. The van der Waals surface area contributed by atoms with Crippen LogP contribution in [0.4, 0.5) is 5.69 Å². The minimum absolute atomic E-state index is 0.170. The molecule has 2 rings (SSSR count). The van der Waals surface area contributed by atoms with Crippen LogP contribution in [0.1, 0.15) is 32.6 Å². The van der Waals surface area contributed by atoms with E-state index < -0.39 is 8.87 Å². The number of anilines is 1. The number of carbonyl (C=O) groups excluding carboxylic acids is 1. The lowest BCUT2D eigenvalue weighted by molar-refractivity contribution is -0.114. The van der Waals surface area contributed by atoms with Crippen LogP contribution in [0, 0.1) is 0 Å². The molecule has 19 heavy (non-hydrogen) atoms. The quantitative estimate of drug-likeness (QED) is 0.868. The van der Waals surface area contributed by atoms with Crippen molar-refractivity contribution in [3.05, 3.63) is 24.3 Å². The van der Waals surface area contributed by atoms with E-state index in [0.29, 0.717) is 10.6 Å². The number of hydrogen-bond acceptors (Lipinski definition) is 4. The highest BCUT2D eigenvalue weighted by atomic mass is 33.1. The Labute approximate surface area is 117 Å². The van der Waals surface area contributed by atoms with Gasteiger partial charge in [0.2, 0.25) is 14.8 Å². The topological polar surface area (TPSA) is 63.2 Å². The first-order valence-corrected chi connectivity index (χ1v) is 9.16. The van der Waals surface area contributed by atoms with Gasteiger partial charge in [-0.25, -0.2) is 8.42 Å². The second kappa shape index (κ2) is 5.96. The Morgan fingerprint density at radius 1 is 1.21 bits per heavy atom. The van der Waals surface area contributed by atoms with Gasteiger partial charge in [0.25, 0.3) is 0 Å². The summed E-state index contributed by atoms with van der Waals surface area (Å²) in [5.41, 5.74) is 0.609. The summed E-state index contributed by atoms with van der Waals surface area (Å²) in [5, 5.41) is 2.84. The van der Waals surface area contributed by atoms with Gasteiger partial charge in [0.15, 0.2) is 0 Å². The fourth-order valence-electron chi connectivity index (χ4n) is 2.13. The minimum Gasteiger partial charge on any atom is -0.326 e. The van der Waals surface area contributed by atoms with E-state index in [-0.39, 0.29) is 11.2 Å². The Bertz CT molecular complexity index is 546. The van der Waals surface area contributed by atoms with Gasteiger partial charge in [-0.05, 0) is 47.9 Å². The van der Waals surface area contributed by atoms with Crippen LogP contribution in [0.2, 0.25) is 0 Å². The molecule has 1 N–H and O–H groups in total. The molecule has 1 aliphatic rings. The van der Waals surface area contributed by atoms with Gasteiger partial charge in [-0.3, -0.25) is 4.79 Å². The van der Waals surface area contributed by atoms with Gasteiger partial charge in [-0.15, -0.1) is 0 Å². The SMILES string of the molecule is CC(=O)Nc1ccc(S(=O)(=O)SC2CCCC2)cc1. The Morgan fingerprint density at radius 2 is 1.79 bits per heavy atom. The third kappa shape index (κ3) is 3.98. The van der Waals surface area contributed by atoms with Crippen molar-refractivity contribution in [3.63, 3.8) is 0 Å². The van der Waals surface area contributed by atoms with E-state index in [2.05, 4.69) is 5.32 Å². The van der Waals surface area contributed by atoms with Crippen molar-refractivity contribution in [1.29, 1.82) is 0 Å². The van der Waals surface area contributed by atoms with Crippen LogP contribution in [0.3, 0.4) is 0 Å². The molecule has 1 amide bonds. The Hall–Kier alpha value is -1.01. The first-order chi connectivity index (χ1) is 8.97. The van der Waals surface area contributed by atoms with E-state index >= 15 is 0 Å². The van der Waals surface area contributed by atoms with Crippen molar-refractivity contribution in [2.45, 2.75) is 42.8 Å². The fourth-order valence-corrected chi connectivity index (χ4v) is 5.91. The molecule has 1 aromatic carbocycles. The zero-order chi connectivity index (χ0) is 13.9. The number of benzene rings is 1. The number of rotatable bonds is 4. The van der Waals surface area contributed by atoms with E-state index in [0.717, 1.165) is 36.5 Å². The van der Waals surface area contributed by atoms with Crippen molar-refractivity contribution in [1.82, 2.24) is 0 Å². The van der Waals surface area contributed by atoms with Crippen molar-refractivity contribution >= 4 is 31.3 Å². The van der Waals surface area contributed by atoms with Gasteiger partial charge < -0.3 is 5.32 Å². The number of carbonyl (C=O) groups is 1. The van der Waals surface area contributed by atoms with Gasteiger partial charge in [0.05, 0.1) is 4.90 Å². The van der Waals surface area contributed by atoms with Crippen LogP contribution in [-0.2, 0) is 13.7 Å². The summed E-state index contributed by atoms with van der Waals surface area (Å²) in [4.78, 5) is 11.2. The van der Waals surface area contributed by atoms with Crippen LogP contribution in [0.5, 0.6) is 0 Å². The van der Waals surface area contributed by atoms with Crippen LogP contribution < -0.4 is 5.32 Å². The maximum atomic E-state index is 12.2. The smallest absolute Gasteiger partial charge is 0.230 e. The molecule has 0 atom stereocenters. The molecule has 0 radical (unpaired) electrons. The summed E-state index contributed by atoms with van der Waals surface area (Å²) in [6.07, 6.45) is 4.20. The summed E-state index contributed by atoms with van der Waals surface area (Å²) in [6.45, 7) is 1.42. The molecule has 6 heteroatoms. The van der Waals surface area contributed by atoms with E-state index in [1.807, 2.05) is 0 Å². The molecule has 1 fully saturated rings. The maximum Gasteiger partial charge on any atom is 0.230 e. The van der Waals surface area contributed by atoms with Crippen LogP contribution >= 0.6 is 10.8 Å². The number of hydrogen-bond donors (Lipinski definition) is 1. The van der Waals surface area contributed by atoms with Gasteiger partial charge in [-0.1, -0.05) is 12.8 Å². The van der Waals surface area contributed by atoms with Gasteiger partial charge in [0, 0.05) is 17.9 Å². The molecule has 1 aliphatic carbocycles. The molecule has 1 saturated carbocycles. The highest BCUT2D eigenvalue weighted by Crippen LogP contribution is 2.36. The summed E-state index contributed by atoms with van der Waals surface area (Å²) < 4.78 is 24.4. The average Bonchev–Trinajstić information content (AvgIpc) is 2.81. The van der Waals surface area contributed by atoms with Gasteiger partial charge >= 0.3 is 0 Å². The molecular formula is C13H17NO3S2. The third-order valence-corrected chi connectivity index (χ3v) is 7.03. The standard InChI is InChI=1S/C13H17NO3S2/c1-10(15)14-11-6-8-13(9-7-11)19(16,17)18-12-4-2-3-5-12/h6-9,12H,2-5H2,1H3,(H,14,15). The second-order valence-corrected chi connectivity index (χ2v) is 8.79. The zero-order valence-electron chi connectivity index (χ0n) is 10.8. The lowest BCUT2D eigenvalue weighted by Crippen LogP contribution is -2.06. The van der Waals surface area contributed by atoms with E-state index in [1.54, 1.807) is 24.3 Å².